The number of hydrogen-bond acceptors (Lipinski definition) is 2. The number of carbonyl (C=O) groups excluding carboxylic acids is 1. The second kappa shape index (κ2) is 6.29. The molecule has 2 aromatic rings. The van der Waals surface area contributed by atoms with Crippen LogP contribution in [0.1, 0.15) is 10.4 Å². The molecule has 20 heavy (non-hydrogen) atoms. The number of nitrogens with zero attached hydrogens (tertiary/aromatic N) is 1. The smallest absolute Gasteiger partial charge is 0.255 e. The lowest BCUT2D eigenvalue weighted by molar-refractivity contribution is 0.102. The van der Waals surface area contributed by atoms with Crippen molar-refractivity contribution < 1.29 is 4.79 Å². The Morgan fingerprint density at radius 1 is 1.15 bits per heavy atom. The summed E-state index contributed by atoms with van der Waals surface area (Å²) < 4.78 is 0.937. The van der Waals surface area contributed by atoms with E-state index in [0.717, 1.165) is 10.2 Å². The predicted octanol–water partition coefficient (Wildman–Crippen LogP) is 4.42. The number of nitrogens with one attached hydrogen (secondary N) is 1. The maximum Gasteiger partial charge on any atom is 0.255 e. The molecular weight excluding hydrogens is 340 g/mol. The average Bonchev–Trinajstić information content (AvgIpc) is 2.39. The molecule has 104 valence electrons. The number of hydrogen-bond donors (Lipinski definition) is 1. The maximum atomic E-state index is 12.1. The topological polar surface area (TPSA) is 32.3 Å². The highest BCUT2D eigenvalue weighted by molar-refractivity contribution is 9.10. The summed E-state index contributed by atoms with van der Waals surface area (Å²) in [6.07, 6.45) is 0. The molecule has 2 rings (SSSR count). The first-order valence-corrected chi connectivity index (χ1v) is 7.18. The molecule has 0 unspecified atom stereocenters. The third-order valence-electron chi connectivity index (χ3n) is 2.79. The Morgan fingerprint density at radius 2 is 1.80 bits per heavy atom. The van der Waals surface area contributed by atoms with Gasteiger partial charge in [-0.15, -0.1) is 0 Å². The number of rotatable bonds is 3. The molecule has 0 aliphatic heterocycles. The number of amides is 1. The first-order chi connectivity index (χ1) is 9.47. The fourth-order valence-corrected chi connectivity index (χ4v) is 2.37. The van der Waals surface area contributed by atoms with E-state index in [4.69, 9.17) is 11.6 Å². The Bertz CT molecular complexity index is 626. The van der Waals surface area contributed by atoms with Gasteiger partial charge in [-0.25, -0.2) is 0 Å². The van der Waals surface area contributed by atoms with Crippen LogP contribution in [0.4, 0.5) is 11.4 Å². The van der Waals surface area contributed by atoms with Gasteiger partial charge in [0.2, 0.25) is 0 Å². The van der Waals surface area contributed by atoms with E-state index < -0.39 is 0 Å². The lowest BCUT2D eigenvalue weighted by Crippen LogP contribution is -2.13. The standard InChI is InChI=1S/C15H14BrClN2O/c1-19(2)14-8-7-12(9-13(14)17)18-15(20)10-3-5-11(16)6-4-10/h3-9H,1-2H3,(H,18,20). The molecule has 0 saturated carbocycles. The van der Waals surface area contributed by atoms with Crippen molar-refractivity contribution in [3.63, 3.8) is 0 Å². The highest BCUT2D eigenvalue weighted by Crippen LogP contribution is 2.27. The summed E-state index contributed by atoms with van der Waals surface area (Å²) in [7, 11) is 3.84. The molecule has 0 atom stereocenters. The number of benzene rings is 2. The van der Waals surface area contributed by atoms with Gasteiger partial charge in [0.25, 0.3) is 5.91 Å². The van der Waals surface area contributed by atoms with Gasteiger partial charge in [0, 0.05) is 29.8 Å². The van der Waals surface area contributed by atoms with Gasteiger partial charge < -0.3 is 10.2 Å². The normalized spacial score (nSPS) is 10.2. The van der Waals surface area contributed by atoms with Gasteiger partial charge in [0.15, 0.2) is 0 Å². The van der Waals surface area contributed by atoms with Crippen LogP contribution in [0, 0.1) is 0 Å². The van der Waals surface area contributed by atoms with Crippen LogP contribution < -0.4 is 10.2 Å². The second-order valence-corrected chi connectivity index (χ2v) is 5.84. The Hall–Kier alpha value is -1.52. The molecule has 0 saturated heterocycles. The van der Waals surface area contributed by atoms with Crippen LogP contribution >= 0.6 is 27.5 Å². The van der Waals surface area contributed by atoms with Crippen LogP contribution in [0.5, 0.6) is 0 Å². The van der Waals surface area contributed by atoms with Crippen LogP contribution in [0.25, 0.3) is 0 Å². The zero-order valence-corrected chi connectivity index (χ0v) is 13.5. The van der Waals surface area contributed by atoms with E-state index >= 15 is 0 Å². The summed E-state index contributed by atoms with van der Waals surface area (Å²) in [6.45, 7) is 0. The third kappa shape index (κ3) is 3.52. The van der Waals surface area contributed by atoms with Gasteiger partial charge >= 0.3 is 0 Å². The molecule has 0 aromatic heterocycles. The van der Waals surface area contributed by atoms with Gasteiger partial charge in [-0.2, -0.15) is 0 Å². The molecule has 1 N–H and O–H groups in total. The first kappa shape index (κ1) is 14.9. The first-order valence-electron chi connectivity index (χ1n) is 6.01. The average molecular weight is 354 g/mol. The molecule has 0 fully saturated rings. The Balaban J connectivity index is 2.16. The quantitative estimate of drug-likeness (QED) is 0.886. The molecule has 5 heteroatoms. The number of carbonyl (C=O) groups is 1. The Kier molecular flexibility index (Phi) is 4.68. The lowest BCUT2D eigenvalue weighted by Gasteiger charge is -2.15. The third-order valence-corrected chi connectivity index (χ3v) is 3.63. The van der Waals surface area contributed by atoms with Crippen molar-refractivity contribution in [3.8, 4) is 0 Å². The SMILES string of the molecule is CN(C)c1ccc(NC(=O)c2ccc(Br)cc2)cc1Cl. The Labute approximate surface area is 131 Å². The monoisotopic (exact) mass is 352 g/mol. The minimum Gasteiger partial charge on any atom is -0.376 e. The van der Waals surface area contributed by atoms with Crippen LogP contribution in [-0.2, 0) is 0 Å². The summed E-state index contributed by atoms with van der Waals surface area (Å²) in [6, 6.07) is 12.6. The molecule has 0 aliphatic rings. The molecule has 0 bridgehead atoms. The zero-order chi connectivity index (χ0) is 14.7. The molecule has 2 aromatic carbocycles. The summed E-state index contributed by atoms with van der Waals surface area (Å²) in [5, 5.41) is 3.43. The van der Waals surface area contributed by atoms with Crippen molar-refractivity contribution in [2.45, 2.75) is 0 Å². The molecule has 3 nitrogen and oxygen atoms in total. The van der Waals surface area contributed by atoms with E-state index in [9.17, 15) is 4.79 Å². The highest BCUT2D eigenvalue weighted by atomic mass is 79.9. The van der Waals surface area contributed by atoms with Gasteiger partial charge in [-0.1, -0.05) is 27.5 Å². The fourth-order valence-electron chi connectivity index (χ4n) is 1.75. The fraction of sp³-hybridized carbons (Fsp3) is 0.133. The van der Waals surface area contributed by atoms with Gasteiger partial charge in [-0.05, 0) is 42.5 Å². The van der Waals surface area contributed by atoms with Crippen LogP contribution in [0.2, 0.25) is 5.02 Å². The molecule has 0 radical (unpaired) electrons. The maximum absolute atomic E-state index is 12.1. The lowest BCUT2D eigenvalue weighted by atomic mass is 10.2. The molecule has 0 spiro atoms. The van der Waals surface area contributed by atoms with E-state index in [2.05, 4.69) is 21.2 Å². The molecule has 0 heterocycles. The second-order valence-electron chi connectivity index (χ2n) is 4.52. The summed E-state index contributed by atoms with van der Waals surface area (Å²) in [5.74, 6) is -0.161. The van der Waals surface area contributed by atoms with Crippen molar-refractivity contribution >= 4 is 44.8 Å². The van der Waals surface area contributed by atoms with Gasteiger partial charge in [-0.3, -0.25) is 4.79 Å². The summed E-state index contributed by atoms with van der Waals surface area (Å²) in [4.78, 5) is 14.0. The van der Waals surface area contributed by atoms with Crippen molar-refractivity contribution in [3.05, 3.63) is 57.5 Å². The predicted molar refractivity (Wildman–Crippen MR) is 87.9 cm³/mol. The molecular formula is C15H14BrClN2O. The van der Waals surface area contributed by atoms with Gasteiger partial charge in [0.1, 0.15) is 0 Å². The van der Waals surface area contributed by atoms with Crippen LogP contribution in [-0.4, -0.2) is 20.0 Å². The summed E-state index contributed by atoms with van der Waals surface area (Å²) in [5.41, 5.74) is 2.18. The van der Waals surface area contributed by atoms with Crippen molar-refractivity contribution in [1.82, 2.24) is 0 Å². The van der Waals surface area contributed by atoms with E-state index in [-0.39, 0.29) is 5.91 Å². The van der Waals surface area contributed by atoms with E-state index in [1.54, 1.807) is 18.2 Å². The van der Waals surface area contributed by atoms with E-state index in [1.165, 1.54) is 0 Å². The minimum atomic E-state index is -0.161. The minimum absolute atomic E-state index is 0.161. The van der Waals surface area contributed by atoms with E-state index in [1.807, 2.05) is 43.3 Å². The largest absolute Gasteiger partial charge is 0.376 e. The Morgan fingerprint density at radius 3 is 2.35 bits per heavy atom. The van der Waals surface area contributed by atoms with Gasteiger partial charge in [0.05, 0.1) is 10.7 Å². The van der Waals surface area contributed by atoms with Crippen molar-refractivity contribution in [2.75, 3.05) is 24.3 Å². The number of anilines is 2. The summed E-state index contributed by atoms with van der Waals surface area (Å²) >= 11 is 9.51. The highest BCUT2D eigenvalue weighted by Gasteiger charge is 2.08. The molecule has 1 amide bonds. The van der Waals surface area contributed by atoms with Crippen molar-refractivity contribution in [2.24, 2.45) is 0 Å². The van der Waals surface area contributed by atoms with E-state index in [0.29, 0.717) is 16.3 Å². The number of halogens is 2. The zero-order valence-electron chi connectivity index (χ0n) is 11.2. The van der Waals surface area contributed by atoms with Crippen molar-refractivity contribution in [1.29, 1.82) is 0 Å². The van der Waals surface area contributed by atoms with Crippen LogP contribution in [0.3, 0.4) is 0 Å². The van der Waals surface area contributed by atoms with Crippen LogP contribution in [0.15, 0.2) is 46.9 Å². The molecule has 0 aliphatic carbocycles.